The number of dihydropyridines is 1. The third kappa shape index (κ3) is 4.41. The molecule has 4 nitrogen and oxygen atoms in total. The molecule has 30 heavy (non-hydrogen) atoms. The van der Waals surface area contributed by atoms with E-state index in [9.17, 15) is 9.59 Å². The van der Waals surface area contributed by atoms with Gasteiger partial charge in [0, 0.05) is 41.4 Å². The number of Topliss-reactive ketones (excluding diaryl/α,β-unsaturated/α-hetero) is 1. The normalized spacial score (nSPS) is 18.8. The summed E-state index contributed by atoms with van der Waals surface area (Å²) >= 11 is 1.60. The Morgan fingerprint density at radius 3 is 2.77 bits per heavy atom. The molecule has 4 rings (SSSR count). The highest BCUT2D eigenvalue weighted by molar-refractivity contribution is 7.08. The maximum Gasteiger partial charge on any atom is 0.249 e. The summed E-state index contributed by atoms with van der Waals surface area (Å²) in [6.45, 7) is 2.59. The molecule has 5 heteroatoms. The molecule has 0 spiro atoms. The molecule has 1 aromatic heterocycles. The molecule has 2 aliphatic rings. The summed E-state index contributed by atoms with van der Waals surface area (Å²) in [6, 6.07) is 12.5. The Morgan fingerprint density at radius 1 is 1.17 bits per heavy atom. The zero-order valence-corrected chi connectivity index (χ0v) is 18.2. The van der Waals surface area contributed by atoms with E-state index in [1.54, 1.807) is 11.3 Å². The van der Waals surface area contributed by atoms with Crippen molar-refractivity contribution in [2.45, 2.75) is 51.4 Å². The van der Waals surface area contributed by atoms with E-state index in [-0.39, 0.29) is 17.6 Å². The highest BCUT2D eigenvalue weighted by Gasteiger charge is 2.38. The Morgan fingerprint density at radius 2 is 2.00 bits per heavy atom. The lowest BCUT2D eigenvalue weighted by Crippen LogP contribution is -2.38. The minimum Gasteiger partial charge on any atom is -0.362 e. The lowest BCUT2D eigenvalue weighted by atomic mass is 9.75. The average molecular weight is 421 g/mol. The minimum absolute atomic E-state index is 0.0687. The predicted octanol–water partition coefficient (Wildman–Crippen LogP) is 4.86. The molecule has 2 heterocycles. The first-order valence-electron chi connectivity index (χ1n) is 10.7. The number of carbonyl (C=O) groups excluding carboxylic acids is 2. The van der Waals surface area contributed by atoms with Crippen LogP contribution in [-0.2, 0) is 16.0 Å². The van der Waals surface area contributed by atoms with E-state index < -0.39 is 0 Å². The molecule has 156 valence electrons. The molecule has 1 unspecified atom stereocenters. The molecule has 2 N–H and O–H groups in total. The van der Waals surface area contributed by atoms with Crippen LogP contribution in [0.4, 0.5) is 0 Å². The highest BCUT2D eigenvalue weighted by Crippen LogP contribution is 2.42. The molecule has 0 saturated carbocycles. The van der Waals surface area contributed by atoms with Crippen LogP contribution >= 0.6 is 11.3 Å². The van der Waals surface area contributed by atoms with E-state index in [0.717, 1.165) is 54.6 Å². The SMILES string of the molecule is CC1=C(C(=O)NCCCCc2ccccc2)C(c2ccsc2)C2=C(CCCC2=O)N1. The van der Waals surface area contributed by atoms with E-state index in [0.29, 0.717) is 18.5 Å². The summed E-state index contributed by atoms with van der Waals surface area (Å²) in [4.78, 5) is 26.0. The van der Waals surface area contributed by atoms with E-state index in [2.05, 4.69) is 40.3 Å². The van der Waals surface area contributed by atoms with Gasteiger partial charge in [-0.15, -0.1) is 0 Å². The van der Waals surface area contributed by atoms with Crippen LogP contribution in [0, 0.1) is 0 Å². The number of unbranched alkanes of at least 4 members (excludes halogenated alkanes) is 1. The summed E-state index contributed by atoms with van der Waals surface area (Å²) in [5, 5.41) is 10.6. The quantitative estimate of drug-likeness (QED) is 0.629. The van der Waals surface area contributed by atoms with Crippen molar-refractivity contribution in [2.75, 3.05) is 6.54 Å². The molecule has 1 aliphatic carbocycles. The fourth-order valence-electron chi connectivity index (χ4n) is 4.45. The maximum absolute atomic E-state index is 13.2. The van der Waals surface area contributed by atoms with E-state index >= 15 is 0 Å². The maximum atomic E-state index is 13.2. The van der Waals surface area contributed by atoms with Crippen LogP contribution in [0.25, 0.3) is 0 Å². The molecule has 1 aliphatic heterocycles. The van der Waals surface area contributed by atoms with Crippen LogP contribution in [0.1, 0.15) is 56.1 Å². The van der Waals surface area contributed by atoms with Crippen LogP contribution in [0.2, 0.25) is 0 Å². The zero-order valence-electron chi connectivity index (χ0n) is 17.4. The molecule has 1 aromatic carbocycles. The summed E-state index contributed by atoms with van der Waals surface area (Å²) in [6.07, 6.45) is 5.28. The number of benzene rings is 1. The lowest BCUT2D eigenvalue weighted by molar-refractivity contribution is -0.118. The number of nitrogens with one attached hydrogen (secondary N) is 2. The third-order valence-corrected chi connectivity index (χ3v) is 6.62. The second kappa shape index (κ2) is 9.43. The summed E-state index contributed by atoms with van der Waals surface area (Å²) in [5.41, 5.74) is 5.70. The molecular weight excluding hydrogens is 392 g/mol. The first kappa shape index (κ1) is 20.6. The van der Waals surface area contributed by atoms with Gasteiger partial charge in [-0.25, -0.2) is 0 Å². The number of hydrogen-bond acceptors (Lipinski definition) is 4. The van der Waals surface area contributed by atoms with Gasteiger partial charge in [0.25, 0.3) is 0 Å². The van der Waals surface area contributed by atoms with Crippen molar-refractivity contribution in [3.8, 4) is 0 Å². The Bertz CT molecular complexity index is 974. The smallest absolute Gasteiger partial charge is 0.249 e. The average Bonchev–Trinajstić information content (AvgIpc) is 3.28. The number of allylic oxidation sites excluding steroid dienone is 3. The Balaban J connectivity index is 1.44. The van der Waals surface area contributed by atoms with Gasteiger partial charge in [0.1, 0.15) is 0 Å². The molecule has 0 radical (unpaired) electrons. The number of thiophene rings is 1. The first-order chi connectivity index (χ1) is 14.6. The van der Waals surface area contributed by atoms with E-state index in [1.807, 2.05) is 24.4 Å². The van der Waals surface area contributed by atoms with Gasteiger partial charge in [0.15, 0.2) is 5.78 Å². The van der Waals surface area contributed by atoms with Crippen LogP contribution in [0.15, 0.2) is 69.7 Å². The molecular formula is C25H28N2O2S. The summed E-state index contributed by atoms with van der Waals surface area (Å²) in [7, 11) is 0. The van der Waals surface area contributed by atoms with Gasteiger partial charge in [-0.05, 0) is 67.0 Å². The van der Waals surface area contributed by atoms with Crippen molar-refractivity contribution < 1.29 is 9.59 Å². The molecule has 1 atom stereocenters. The molecule has 0 saturated heterocycles. The van der Waals surface area contributed by atoms with Crippen LogP contribution in [-0.4, -0.2) is 18.2 Å². The second-order valence-electron chi connectivity index (χ2n) is 8.02. The largest absolute Gasteiger partial charge is 0.362 e. The van der Waals surface area contributed by atoms with Gasteiger partial charge in [0.2, 0.25) is 5.91 Å². The van der Waals surface area contributed by atoms with Gasteiger partial charge in [-0.1, -0.05) is 30.3 Å². The van der Waals surface area contributed by atoms with Gasteiger partial charge in [0.05, 0.1) is 0 Å². The molecule has 2 aromatic rings. The number of amides is 1. The van der Waals surface area contributed by atoms with Crippen molar-refractivity contribution >= 4 is 23.0 Å². The number of aryl methyl sites for hydroxylation is 1. The van der Waals surface area contributed by atoms with Crippen molar-refractivity contribution in [3.05, 3.63) is 80.8 Å². The van der Waals surface area contributed by atoms with Gasteiger partial charge >= 0.3 is 0 Å². The standard InChI is InChI=1S/C25H28N2O2S/c1-17-22(25(29)26-14-6-5-10-18-8-3-2-4-9-18)23(19-13-15-30-16-19)24-20(27-17)11-7-12-21(24)28/h2-4,8-9,13,15-16,23,27H,5-7,10-12,14H2,1H3,(H,26,29). The number of hydrogen-bond donors (Lipinski definition) is 2. The fourth-order valence-corrected chi connectivity index (χ4v) is 5.14. The fraction of sp³-hybridized carbons (Fsp3) is 0.360. The van der Waals surface area contributed by atoms with E-state index in [4.69, 9.17) is 0 Å². The molecule has 1 amide bonds. The van der Waals surface area contributed by atoms with Crippen LogP contribution in [0.3, 0.4) is 0 Å². The first-order valence-corrected chi connectivity index (χ1v) is 11.7. The topological polar surface area (TPSA) is 58.2 Å². The molecule has 0 fully saturated rings. The molecule has 0 bridgehead atoms. The van der Waals surface area contributed by atoms with Gasteiger partial charge in [-0.2, -0.15) is 11.3 Å². The minimum atomic E-state index is -0.260. The Hall–Kier alpha value is -2.66. The monoisotopic (exact) mass is 420 g/mol. The van der Waals surface area contributed by atoms with E-state index in [1.165, 1.54) is 5.56 Å². The van der Waals surface area contributed by atoms with Crippen molar-refractivity contribution in [1.29, 1.82) is 0 Å². The lowest BCUT2D eigenvalue weighted by Gasteiger charge is -2.34. The van der Waals surface area contributed by atoms with Crippen molar-refractivity contribution in [2.24, 2.45) is 0 Å². The predicted molar refractivity (Wildman–Crippen MR) is 121 cm³/mol. The number of rotatable bonds is 7. The highest BCUT2D eigenvalue weighted by atomic mass is 32.1. The number of carbonyl (C=O) groups is 2. The second-order valence-corrected chi connectivity index (χ2v) is 8.80. The Kier molecular flexibility index (Phi) is 6.48. The Labute approximate surface area is 182 Å². The van der Waals surface area contributed by atoms with Crippen molar-refractivity contribution in [1.82, 2.24) is 10.6 Å². The van der Waals surface area contributed by atoms with Gasteiger partial charge < -0.3 is 10.6 Å². The third-order valence-electron chi connectivity index (χ3n) is 5.92. The van der Waals surface area contributed by atoms with Crippen LogP contribution < -0.4 is 10.6 Å². The summed E-state index contributed by atoms with van der Waals surface area (Å²) in [5.74, 6) is -0.161. The number of ketones is 1. The van der Waals surface area contributed by atoms with Crippen molar-refractivity contribution in [3.63, 3.8) is 0 Å². The zero-order chi connectivity index (χ0) is 20.9. The van der Waals surface area contributed by atoms with Gasteiger partial charge in [-0.3, -0.25) is 9.59 Å². The van der Waals surface area contributed by atoms with Crippen LogP contribution in [0.5, 0.6) is 0 Å². The summed E-state index contributed by atoms with van der Waals surface area (Å²) < 4.78 is 0.